The minimum atomic E-state index is -3.34. The summed E-state index contributed by atoms with van der Waals surface area (Å²) in [5.41, 5.74) is 17.4. The molecule has 0 radical (unpaired) electrons. The fraction of sp³-hybridized carbons (Fsp3) is 0.282. The zero-order chi connectivity index (χ0) is 34.8. The fourth-order valence-corrected chi connectivity index (χ4v) is 8.73. The van der Waals surface area contributed by atoms with Crippen LogP contribution in [-0.4, -0.2) is 36.0 Å². The van der Waals surface area contributed by atoms with Crippen molar-refractivity contribution in [3.8, 4) is 16.9 Å². The Kier molecular flexibility index (Phi) is 10.0. The van der Waals surface area contributed by atoms with Gasteiger partial charge in [-0.25, -0.2) is 16.8 Å². The van der Waals surface area contributed by atoms with Crippen LogP contribution in [0.2, 0.25) is 0 Å². The van der Waals surface area contributed by atoms with E-state index in [1.807, 2.05) is 49.7 Å². The normalized spacial score (nSPS) is 17.6. The molecule has 2 atom stereocenters. The van der Waals surface area contributed by atoms with Crippen LogP contribution in [0.4, 0.5) is 5.69 Å². The number of nitrogens with two attached hydrogens (primary N) is 1. The number of benzene rings is 4. The minimum absolute atomic E-state index is 0.0404. The van der Waals surface area contributed by atoms with E-state index in [1.165, 1.54) is 34.1 Å². The first-order valence-electron chi connectivity index (χ1n) is 16.5. The van der Waals surface area contributed by atoms with Crippen LogP contribution in [0, 0.1) is 12.8 Å². The lowest BCUT2D eigenvalue weighted by atomic mass is 9.73. The molecule has 4 N–H and O–H groups in total. The highest BCUT2D eigenvalue weighted by molar-refractivity contribution is 7.92. The van der Waals surface area contributed by atoms with Crippen molar-refractivity contribution in [1.82, 2.24) is 5.32 Å². The molecule has 0 saturated carbocycles. The van der Waals surface area contributed by atoms with Crippen LogP contribution in [0.25, 0.3) is 23.3 Å². The van der Waals surface area contributed by atoms with Gasteiger partial charge in [-0.3, -0.25) is 4.72 Å². The maximum atomic E-state index is 12.4. The van der Waals surface area contributed by atoms with Crippen molar-refractivity contribution in [2.45, 2.75) is 50.0 Å². The molecule has 0 aromatic heterocycles. The van der Waals surface area contributed by atoms with Gasteiger partial charge in [0, 0.05) is 24.7 Å². The molecule has 49 heavy (non-hydrogen) atoms. The van der Waals surface area contributed by atoms with Crippen LogP contribution in [0.3, 0.4) is 0 Å². The van der Waals surface area contributed by atoms with E-state index in [4.69, 9.17) is 10.5 Å². The monoisotopic (exact) mass is 697 g/mol. The number of ether oxygens (including phenoxy) is 1. The average Bonchev–Trinajstić information content (AvgIpc) is 3.30. The van der Waals surface area contributed by atoms with Crippen LogP contribution >= 0.6 is 0 Å². The van der Waals surface area contributed by atoms with Gasteiger partial charge in [0.05, 0.1) is 23.4 Å². The summed E-state index contributed by atoms with van der Waals surface area (Å²) < 4.78 is 56.3. The first kappa shape index (κ1) is 34.5. The average molecular weight is 698 g/mol. The number of nitrogens with one attached hydrogen (secondary N) is 2. The first-order valence-corrected chi connectivity index (χ1v) is 20.3. The number of aryl methyl sites for hydroxylation is 1. The Morgan fingerprint density at radius 3 is 2.20 bits per heavy atom. The molecule has 0 spiro atoms. The van der Waals surface area contributed by atoms with Crippen molar-refractivity contribution in [1.29, 1.82) is 0 Å². The molecule has 1 heterocycles. The third-order valence-electron chi connectivity index (χ3n) is 9.40. The van der Waals surface area contributed by atoms with Gasteiger partial charge in [-0.1, -0.05) is 48.5 Å². The van der Waals surface area contributed by atoms with Gasteiger partial charge < -0.3 is 15.8 Å². The zero-order valence-corrected chi connectivity index (χ0v) is 29.7. The van der Waals surface area contributed by atoms with E-state index in [1.54, 1.807) is 18.2 Å². The number of anilines is 1. The molecule has 8 nitrogen and oxygen atoms in total. The van der Waals surface area contributed by atoms with Gasteiger partial charge in [0.25, 0.3) is 0 Å². The molecule has 2 aliphatic carbocycles. The smallest absolute Gasteiger partial charge is 0.229 e. The molecule has 3 aliphatic rings. The highest BCUT2D eigenvalue weighted by Crippen LogP contribution is 2.43. The van der Waals surface area contributed by atoms with E-state index < -0.39 is 19.9 Å². The van der Waals surface area contributed by atoms with Gasteiger partial charge in [0.15, 0.2) is 9.84 Å². The molecule has 4 aromatic rings. The third-order valence-corrected chi connectivity index (χ3v) is 11.2. The Bertz CT molecular complexity index is 2130. The molecular formula is C39H43N3O5S2. The van der Waals surface area contributed by atoms with E-state index in [-0.39, 0.29) is 6.04 Å². The molecule has 0 fully saturated rings. The Morgan fingerprint density at radius 1 is 0.837 bits per heavy atom. The lowest BCUT2D eigenvalue weighted by Crippen LogP contribution is -2.27. The number of sulfonamides is 1. The highest BCUT2D eigenvalue weighted by Gasteiger charge is 2.31. The van der Waals surface area contributed by atoms with Crippen molar-refractivity contribution in [3.63, 3.8) is 0 Å². The number of rotatable bonds is 7. The zero-order valence-electron chi connectivity index (χ0n) is 28.1. The summed E-state index contributed by atoms with van der Waals surface area (Å²) in [6.07, 6.45) is 14.6. The van der Waals surface area contributed by atoms with Crippen molar-refractivity contribution in [2.24, 2.45) is 11.7 Å². The fourth-order valence-electron chi connectivity index (χ4n) is 7.12. The second-order valence-electron chi connectivity index (χ2n) is 13.1. The van der Waals surface area contributed by atoms with E-state index in [0.717, 1.165) is 54.2 Å². The molecule has 7 rings (SSSR count). The van der Waals surface area contributed by atoms with Crippen molar-refractivity contribution in [2.75, 3.05) is 23.8 Å². The van der Waals surface area contributed by atoms with Crippen molar-refractivity contribution in [3.05, 3.63) is 124 Å². The molecule has 0 bridgehead atoms. The quantitative estimate of drug-likeness (QED) is 0.194. The molecule has 10 heteroatoms. The Hall–Kier alpha value is -4.38. The van der Waals surface area contributed by atoms with Crippen LogP contribution in [0.15, 0.2) is 90.1 Å². The van der Waals surface area contributed by atoms with Gasteiger partial charge in [0.2, 0.25) is 10.0 Å². The van der Waals surface area contributed by atoms with Crippen LogP contribution < -0.4 is 20.5 Å². The van der Waals surface area contributed by atoms with Gasteiger partial charge in [-0.2, -0.15) is 0 Å². The second kappa shape index (κ2) is 14.2. The molecule has 0 amide bonds. The maximum absolute atomic E-state index is 12.4. The topological polar surface area (TPSA) is 128 Å². The highest BCUT2D eigenvalue weighted by atomic mass is 32.2. The lowest BCUT2D eigenvalue weighted by molar-refractivity contribution is 0.259. The summed E-state index contributed by atoms with van der Waals surface area (Å²) in [6.45, 7) is 2.39. The lowest BCUT2D eigenvalue weighted by Gasteiger charge is -2.34. The Morgan fingerprint density at radius 2 is 1.53 bits per heavy atom. The van der Waals surface area contributed by atoms with E-state index in [2.05, 4.69) is 46.5 Å². The standard InChI is InChI=1S/C29H34N2O5S2.C10H9N/c1-18-15-20(7-12-28(18)31-38(3,34)35)36-14-13-19-16-26-23-9-11-25-21(5-4-6-29(25)37(2,32)33)22(23)8-10-24(26)27(30)17-19;1-2-4-10-6-8-11-7-5-9(10)3-1/h4-8,10,12,15,19,27,31H,9,11,13-14,16-17,30H2,1-3H3;1-8,11H. The molecule has 2 unspecified atom stereocenters. The van der Waals surface area contributed by atoms with Gasteiger partial charge in [0.1, 0.15) is 5.75 Å². The van der Waals surface area contributed by atoms with E-state index >= 15 is 0 Å². The molecule has 0 saturated heterocycles. The summed E-state index contributed by atoms with van der Waals surface area (Å²) in [7, 11) is -6.63. The van der Waals surface area contributed by atoms with E-state index in [0.29, 0.717) is 35.3 Å². The number of sulfone groups is 1. The minimum Gasteiger partial charge on any atom is -0.494 e. The molecule has 256 valence electrons. The maximum Gasteiger partial charge on any atom is 0.229 e. The third kappa shape index (κ3) is 8.09. The number of fused-ring (bicyclic) bond motifs is 6. The predicted octanol–water partition coefficient (Wildman–Crippen LogP) is 6.80. The molecule has 1 aliphatic heterocycles. The van der Waals surface area contributed by atoms with Crippen molar-refractivity contribution >= 4 is 37.7 Å². The summed E-state index contributed by atoms with van der Waals surface area (Å²) >= 11 is 0. The van der Waals surface area contributed by atoms with Crippen LogP contribution in [0.1, 0.15) is 57.8 Å². The summed E-state index contributed by atoms with van der Waals surface area (Å²) in [5.74, 6) is 1.08. The molecule has 4 aromatic carbocycles. The van der Waals surface area contributed by atoms with E-state index in [9.17, 15) is 16.8 Å². The first-order chi connectivity index (χ1) is 23.4. The number of hydrogen-bond acceptors (Lipinski definition) is 7. The predicted molar refractivity (Wildman–Crippen MR) is 199 cm³/mol. The van der Waals surface area contributed by atoms with Gasteiger partial charge >= 0.3 is 0 Å². The SMILES string of the molecule is C1=Cc2ccccc2C=CN1.Cc1cc(OCCC2Cc3c(ccc4c3CCc3c-4cccc3S(C)(=O)=O)C(N)C2)ccc1NS(C)(=O)=O. The largest absolute Gasteiger partial charge is 0.494 e. The number of hydrogen-bond donors (Lipinski definition) is 3. The van der Waals surface area contributed by atoms with Crippen molar-refractivity contribution < 1.29 is 21.6 Å². The Labute approximate surface area is 290 Å². The molecular weight excluding hydrogens is 655 g/mol. The van der Waals surface area contributed by atoms with Gasteiger partial charge in [-0.15, -0.1) is 0 Å². The van der Waals surface area contributed by atoms with Crippen LogP contribution in [0.5, 0.6) is 5.75 Å². The van der Waals surface area contributed by atoms with Crippen LogP contribution in [-0.2, 0) is 39.1 Å². The van der Waals surface area contributed by atoms with Gasteiger partial charge in [-0.05, 0) is 131 Å². The summed E-state index contributed by atoms with van der Waals surface area (Å²) in [6, 6.07) is 23.4. The second-order valence-corrected chi connectivity index (χ2v) is 16.8. The summed E-state index contributed by atoms with van der Waals surface area (Å²) in [4.78, 5) is 0.431. The Balaban J connectivity index is 0.000000319. The summed E-state index contributed by atoms with van der Waals surface area (Å²) in [5, 5.41) is 3.03.